The summed E-state index contributed by atoms with van der Waals surface area (Å²) >= 11 is 0. The van der Waals surface area contributed by atoms with Gasteiger partial charge in [0.2, 0.25) is 0 Å². The van der Waals surface area contributed by atoms with Crippen LogP contribution < -0.4 is 0 Å². The summed E-state index contributed by atoms with van der Waals surface area (Å²) in [5, 5.41) is 8.20. The Morgan fingerprint density at radius 3 is 2.04 bits per heavy atom. The maximum Gasteiger partial charge on any atom is 0.150 e. The average Bonchev–Trinajstić information content (AvgIpc) is 2.92. The van der Waals surface area contributed by atoms with Crippen LogP contribution in [0.3, 0.4) is 0 Å². The second kappa shape index (κ2) is 10.7. The molecule has 4 heteroatoms. The molecule has 2 aromatic carbocycles. The van der Waals surface area contributed by atoms with Crippen molar-refractivity contribution in [2.75, 3.05) is 7.11 Å². The van der Waals surface area contributed by atoms with Crippen LogP contribution in [0.2, 0.25) is 0 Å². The van der Waals surface area contributed by atoms with Gasteiger partial charge in [-0.25, -0.2) is 0 Å². The van der Waals surface area contributed by atoms with Crippen molar-refractivity contribution in [1.82, 2.24) is 0 Å². The molecule has 0 saturated heterocycles. The fraction of sp³-hybridized carbons (Fsp3) is 0.174. The van der Waals surface area contributed by atoms with E-state index < -0.39 is 0 Å². The predicted octanol–water partition coefficient (Wildman–Crippen LogP) is 6.65. The number of hydrogen-bond donors (Lipinski definition) is 0. The summed E-state index contributed by atoms with van der Waals surface area (Å²) in [6.45, 7) is 4.10. The largest absolute Gasteiger partial charge is 0.501 e. The number of carbonyl (C=O) groups excluding carboxylic acids is 1. The normalized spacial score (nSPS) is 13.1. The summed E-state index contributed by atoms with van der Waals surface area (Å²) in [5.74, 6) is 1.02. The molecule has 0 spiro atoms. The summed E-state index contributed by atoms with van der Waals surface area (Å²) in [7, 11) is 1.70. The Balaban J connectivity index is 0.000000223. The number of azo groups is 1. The minimum atomic E-state index is 0.638. The molecule has 2 aromatic rings. The van der Waals surface area contributed by atoms with Crippen molar-refractivity contribution in [3.05, 3.63) is 95.3 Å². The molecule has 27 heavy (non-hydrogen) atoms. The minimum absolute atomic E-state index is 0.638. The molecule has 0 amide bonds. The van der Waals surface area contributed by atoms with Gasteiger partial charge in [-0.15, -0.1) is 0 Å². The van der Waals surface area contributed by atoms with Crippen molar-refractivity contribution >= 4 is 17.7 Å². The van der Waals surface area contributed by atoms with Crippen LogP contribution in [0.5, 0.6) is 0 Å². The quantitative estimate of drug-likeness (QED) is 0.453. The second-order valence-electron chi connectivity index (χ2n) is 6.10. The maximum absolute atomic E-state index is 10.5. The third kappa shape index (κ3) is 7.24. The molecule has 3 rings (SSSR count). The van der Waals surface area contributed by atoms with Crippen LogP contribution in [-0.2, 0) is 4.74 Å². The number of aldehydes is 1. The van der Waals surface area contributed by atoms with Crippen LogP contribution in [0.4, 0.5) is 11.4 Å². The van der Waals surface area contributed by atoms with Gasteiger partial charge in [-0.05, 0) is 56.3 Å². The number of aryl methyl sites for hydroxylation is 1. The van der Waals surface area contributed by atoms with E-state index in [1.54, 1.807) is 31.4 Å². The van der Waals surface area contributed by atoms with Crippen LogP contribution in [0.25, 0.3) is 0 Å². The highest BCUT2D eigenvalue weighted by Crippen LogP contribution is 2.18. The third-order valence-electron chi connectivity index (χ3n) is 3.84. The van der Waals surface area contributed by atoms with Crippen molar-refractivity contribution in [2.45, 2.75) is 20.3 Å². The Morgan fingerprint density at radius 2 is 1.48 bits per heavy atom. The molecule has 0 radical (unpaired) electrons. The molecule has 0 bridgehead atoms. The predicted molar refractivity (Wildman–Crippen MR) is 110 cm³/mol. The third-order valence-corrected chi connectivity index (χ3v) is 3.84. The van der Waals surface area contributed by atoms with Gasteiger partial charge >= 0.3 is 0 Å². The lowest BCUT2D eigenvalue weighted by Gasteiger charge is -1.98. The van der Waals surface area contributed by atoms with E-state index in [0.717, 1.165) is 29.8 Å². The lowest BCUT2D eigenvalue weighted by Crippen LogP contribution is -1.81. The Bertz CT molecular complexity index is 858. The van der Waals surface area contributed by atoms with Crippen LogP contribution >= 0.6 is 0 Å². The first-order valence-corrected chi connectivity index (χ1v) is 8.72. The number of allylic oxidation sites excluding steroid dienone is 5. The molecule has 4 nitrogen and oxygen atoms in total. The fourth-order valence-corrected chi connectivity index (χ4v) is 2.21. The lowest BCUT2D eigenvalue weighted by atomic mass is 10.2. The summed E-state index contributed by atoms with van der Waals surface area (Å²) in [6.07, 6.45) is 9.99. The number of methoxy groups -OCH3 is 1. The van der Waals surface area contributed by atoms with E-state index >= 15 is 0 Å². The number of carbonyl (C=O) groups is 1. The topological polar surface area (TPSA) is 51.0 Å². The number of rotatable bonds is 4. The number of ether oxygens (including phenoxy) is 1. The molecular formula is C23H24N2O2. The summed E-state index contributed by atoms with van der Waals surface area (Å²) < 4.78 is 5.08. The van der Waals surface area contributed by atoms with Gasteiger partial charge in [0.25, 0.3) is 0 Å². The Labute approximate surface area is 160 Å². The smallest absolute Gasteiger partial charge is 0.150 e. The van der Waals surface area contributed by atoms with Gasteiger partial charge in [0.1, 0.15) is 6.29 Å². The average molecular weight is 360 g/mol. The van der Waals surface area contributed by atoms with E-state index in [2.05, 4.69) is 35.4 Å². The zero-order valence-electron chi connectivity index (χ0n) is 15.9. The molecule has 0 heterocycles. The highest BCUT2D eigenvalue weighted by molar-refractivity contribution is 5.75. The van der Waals surface area contributed by atoms with Crippen LogP contribution in [0, 0.1) is 6.92 Å². The molecule has 0 aromatic heterocycles. The number of benzene rings is 2. The van der Waals surface area contributed by atoms with Crippen molar-refractivity contribution in [3.8, 4) is 0 Å². The first kappa shape index (κ1) is 20.0. The first-order valence-electron chi connectivity index (χ1n) is 8.72. The van der Waals surface area contributed by atoms with E-state index in [1.165, 1.54) is 11.1 Å². The van der Waals surface area contributed by atoms with E-state index in [1.807, 2.05) is 37.3 Å². The highest BCUT2D eigenvalue weighted by atomic mass is 16.5. The van der Waals surface area contributed by atoms with Crippen LogP contribution in [0.1, 0.15) is 29.3 Å². The molecule has 1 aliphatic carbocycles. The van der Waals surface area contributed by atoms with Gasteiger partial charge in [0, 0.05) is 12.0 Å². The minimum Gasteiger partial charge on any atom is -0.501 e. The van der Waals surface area contributed by atoms with Crippen molar-refractivity contribution < 1.29 is 9.53 Å². The van der Waals surface area contributed by atoms with Gasteiger partial charge in [0.05, 0.1) is 24.2 Å². The maximum atomic E-state index is 10.5. The van der Waals surface area contributed by atoms with Gasteiger partial charge in [0.15, 0.2) is 0 Å². The summed E-state index contributed by atoms with van der Waals surface area (Å²) in [5.41, 5.74) is 4.65. The molecule has 0 atom stereocenters. The monoisotopic (exact) mass is 360 g/mol. The Kier molecular flexibility index (Phi) is 7.92. The zero-order chi connectivity index (χ0) is 19.5. The van der Waals surface area contributed by atoms with Crippen molar-refractivity contribution in [2.24, 2.45) is 10.2 Å². The van der Waals surface area contributed by atoms with Gasteiger partial charge in [-0.3, -0.25) is 4.79 Å². The summed E-state index contributed by atoms with van der Waals surface area (Å²) in [6, 6.07) is 14.8. The Morgan fingerprint density at radius 1 is 0.889 bits per heavy atom. The highest BCUT2D eigenvalue weighted by Gasteiger charge is 1.94. The molecule has 1 aliphatic rings. The van der Waals surface area contributed by atoms with Gasteiger partial charge in [-0.2, -0.15) is 10.2 Å². The van der Waals surface area contributed by atoms with Gasteiger partial charge in [-0.1, -0.05) is 41.5 Å². The SMILES string of the molecule is COC1=CC=C(C)C=CC1.Cc1ccc(N=Nc2ccc(C=O)cc2)cc1. The van der Waals surface area contributed by atoms with E-state index in [-0.39, 0.29) is 0 Å². The van der Waals surface area contributed by atoms with Crippen LogP contribution in [0.15, 0.2) is 94.4 Å². The molecule has 0 N–H and O–H groups in total. The van der Waals surface area contributed by atoms with Crippen molar-refractivity contribution in [1.29, 1.82) is 0 Å². The van der Waals surface area contributed by atoms with Crippen LogP contribution in [-0.4, -0.2) is 13.4 Å². The zero-order valence-corrected chi connectivity index (χ0v) is 15.9. The van der Waals surface area contributed by atoms with Gasteiger partial charge < -0.3 is 4.74 Å². The molecule has 0 saturated carbocycles. The van der Waals surface area contributed by atoms with E-state index in [4.69, 9.17) is 4.74 Å². The molecule has 0 fully saturated rings. The van der Waals surface area contributed by atoms with Crippen molar-refractivity contribution in [3.63, 3.8) is 0 Å². The number of hydrogen-bond acceptors (Lipinski definition) is 4. The molecule has 0 aliphatic heterocycles. The summed E-state index contributed by atoms with van der Waals surface area (Å²) in [4.78, 5) is 10.5. The van der Waals surface area contributed by atoms with E-state index in [9.17, 15) is 4.79 Å². The van der Waals surface area contributed by atoms with E-state index in [0.29, 0.717) is 5.56 Å². The second-order valence-corrected chi connectivity index (χ2v) is 6.10. The number of nitrogens with zero attached hydrogens (tertiary/aromatic N) is 2. The fourth-order valence-electron chi connectivity index (χ4n) is 2.21. The molecular weight excluding hydrogens is 336 g/mol. The first-order chi connectivity index (χ1) is 13.1. The standard InChI is InChI=1S/C14H12N2O.C9H12O/c1-11-2-6-13(7-3-11)15-16-14-8-4-12(10-17)5-9-14;1-8-4-3-5-9(10-2)7-6-8/h2-10H,1H3;3-4,6-7H,5H2,1-2H3. The molecule has 0 unspecified atom stereocenters. The Hall–Kier alpha value is -3.27. The lowest BCUT2D eigenvalue weighted by molar-refractivity contribution is 0.112. The molecule has 138 valence electrons.